The topological polar surface area (TPSA) is 65.5 Å². The summed E-state index contributed by atoms with van der Waals surface area (Å²) in [6, 6.07) is 5.47. The van der Waals surface area contributed by atoms with Crippen molar-refractivity contribution in [2.75, 3.05) is 38.7 Å². The fraction of sp³-hybridized carbons (Fsp3) is 0.444. The summed E-state index contributed by atoms with van der Waals surface area (Å²) in [5, 5.41) is 14.0. The minimum atomic E-state index is -0.209. The molecular weight excluding hydrogens is 354 g/mol. The summed E-state index contributed by atoms with van der Waals surface area (Å²) < 4.78 is 0. The molecule has 0 aliphatic heterocycles. The number of nitrogens with zero attached hydrogens (tertiary/aromatic N) is 2. The molecule has 1 aromatic carbocycles. The van der Waals surface area contributed by atoms with E-state index in [4.69, 9.17) is 0 Å². The van der Waals surface area contributed by atoms with Crippen LogP contribution in [0, 0.1) is 13.8 Å². The first-order chi connectivity index (χ1) is 11.9. The summed E-state index contributed by atoms with van der Waals surface area (Å²) in [7, 11) is 7.68. The number of hydrogen-bond acceptors (Lipinski definition) is 6. The lowest BCUT2D eigenvalue weighted by Crippen LogP contribution is -2.26. The lowest BCUT2D eigenvalue weighted by molar-refractivity contribution is 0.0951. The van der Waals surface area contributed by atoms with Crippen LogP contribution >= 0.6 is 21.6 Å². The van der Waals surface area contributed by atoms with Crippen molar-refractivity contribution in [2.45, 2.75) is 13.8 Å². The summed E-state index contributed by atoms with van der Waals surface area (Å²) in [6.45, 7) is 5.45. The number of rotatable bonds is 8. The molecule has 0 aliphatic carbocycles. The number of carbonyl (C=O) groups excluding carboxylic acids is 1. The number of nitrogens with one attached hydrogen (secondary N) is 1. The molecule has 2 N–H and O–H groups in total. The van der Waals surface area contributed by atoms with Crippen molar-refractivity contribution in [3.63, 3.8) is 0 Å². The van der Waals surface area contributed by atoms with Crippen LogP contribution in [0.5, 0.6) is 5.75 Å². The van der Waals surface area contributed by atoms with Crippen molar-refractivity contribution < 1.29 is 9.90 Å². The molecule has 2 aromatic rings. The van der Waals surface area contributed by atoms with Gasteiger partial charge in [0.15, 0.2) is 0 Å². The molecule has 0 atom stereocenters. The lowest BCUT2D eigenvalue weighted by atomic mass is 10.0. The maximum Gasteiger partial charge on any atom is 0.269 e. The van der Waals surface area contributed by atoms with Crippen LogP contribution in [-0.2, 0) is 0 Å². The zero-order valence-corrected chi connectivity index (χ0v) is 16.8. The van der Waals surface area contributed by atoms with E-state index in [0.29, 0.717) is 17.8 Å². The van der Waals surface area contributed by atoms with E-state index >= 15 is 0 Å². The SMILES string of the molecule is Cc1cc(C)c2ccc(C(=O)NCCSSCCN(C)C)nc2c1O. The highest BCUT2D eigenvalue weighted by molar-refractivity contribution is 8.76. The van der Waals surface area contributed by atoms with E-state index in [1.54, 1.807) is 16.9 Å². The van der Waals surface area contributed by atoms with Crippen LogP contribution in [0.25, 0.3) is 10.9 Å². The molecule has 0 bridgehead atoms. The van der Waals surface area contributed by atoms with Gasteiger partial charge in [0.05, 0.1) is 0 Å². The molecule has 5 nitrogen and oxygen atoms in total. The Kier molecular flexibility index (Phi) is 7.40. The molecule has 1 heterocycles. The fourth-order valence-electron chi connectivity index (χ4n) is 2.38. The van der Waals surface area contributed by atoms with E-state index in [0.717, 1.165) is 34.6 Å². The number of benzene rings is 1. The van der Waals surface area contributed by atoms with Crippen LogP contribution in [0.15, 0.2) is 18.2 Å². The third-order valence-corrected chi connectivity index (χ3v) is 6.15. The molecule has 136 valence electrons. The largest absolute Gasteiger partial charge is 0.505 e. The Bertz CT molecular complexity index is 751. The molecule has 2 rings (SSSR count). The Balaban J connectivity index is 1.91. The fourth-order valence-corrected chi connectivity index (χ4v) is 4.42. The number of hydrogen-bond donors (Lipinski definition) is 2. The summed E-state index contributed by atoms with van der Waals surface area (Å²) in [6.07, 6.45) is 0. The quantitative estimate of drug-likeness (QED) is 0.542. The van der Waals surface area contributed by atoms with Crippen LogP contribution in [-0.4, -0.2) is 59.6 Å². The zero-order valence-electron chi connectivity index (χ0n) is 15.1. The van der Waals surface area contributed by atoms with Crippen molar-refractivity contribution in [1.82, 2.24) is 15.2 Å². The third-order valence-electron chi connectivity index (χ3n) is 3.76. The summed E-state index contributed by atoms with van der Waals surface area (Å²) >= 11 is 0. The summed E-state index contributed by atoms with van der Waals surface area (Å²) in [5.41, 5.74) is 2.62. The van der Waals surface area contributed by atoms with Crippen LogP contribution in [0.2, 0.25) is 0 Å². The van der Waals surface area contributed by atoms with Gasteiger partial charge in [0.1, 0.15) is 17.0 Å². The number of phenols is 1. The maximum absolute atomic E-state index is 12.3. The Hall–Kier alpha value is -1.44. The van der Waals surface area contributed by atoms with Gasteiger partial charge in [-0.15, -0.1) is 0 Å². The second-order valence-electron chi connectivity index (χ2n) is 6.15. The molecule has 25 heavy (non-hydrogen) atoms. The van der Waals surface area contributed by atoms with E-state index in [1.807, 2.05) is 36.8 Å². The van der Waals surface area contributed by atoms with Gasteiger partial charge in [-0.25, -0.2) is 4.98 Å². The first kappa shape index (κ1) is 19.9. The van der Waals surface area contributed by atoms with E-state index in [2.05, 4.69) is 29.3 Å². The van der Waals surface area contributed by atoms with Crippen molar-refractivity contribution in [3.8, 4) is 5.75 Å². The molecule has 0 fully saturated rings. The Morgan fingerprint density at radius 1 is 1.20 bits per heavy atom. The Morgan fingerprint density at radius 2 is 1.92 bits per heavy atom. The van der Waals surface area contributed by atoms with Crippen molar-refractivity contribution >= 4 is 38.4 Å². The number of amides is 1. The van der Waals surface area contributed by atoms with Crippen molar-refractivity contribution in [1.29, 1.82) is 0 Å². The van der Waals surface area contributed by atoms with Crippen LogP contribution in [0.4, 0.5) is 0 Å². The number of aromatic nitrogens is 1. The van der Waals surface area contributed by atoms with Crippen molar-refractivity contribution in [3.05, 3.63) is 35.0 Å². The normalized spacial score (nSPS) is 11.2. The first-order valence-electron chi connectivity index (χ1n) is 8.17. The van der Waals surface area contributed by atoms with Gasteiger partial charge in [0, 0.05) is 30.0 Å². The second-order valence-corrected chi connectivity index (χ2v) is 8.86. The number of fused-ring (bicyclic) bond motifs is 1. The smallest absolute Gasteiger partial charge is 0.269 e. The zero-order chi connectivity index (χ0) is 18.4. The van der Waals surface area contributed by atoms with Gasteiger partial charge < -0.3 is 15.3 Å². The molecule has 0 aliphatic rings. The van der Waals surface area contributed by atoms with Crippen LogP contribution in [0.3, 0.4) is 0 Å². The van der Waals surface area contributed by atoms with Crippen LogP contribution in [0.1, 0.15) is 21.6 Å². The highest BCUT2D eigenvalue weighted by atomic mass is 33.1. The third kappa shape index (κ3) is 5.52. The average Bonchev–Trinajstić information content (AvgIpc) is 2.58. The highest BCUT2D eigenvalue weighted by Gasteiger charge is 2.12. The molecule has 1 aromatic heterocycles. The van der Waals surface area contributed by atoms with Crippen LogP contribution < -0.4 is 5.32 Å². The van der Waals surface area contributed by atoms with E-state index in [9.17, 15) is 9.90 Å². The predicted molar refractivity (Wildman–Crippen MR) is 109 cm³/mol. The molecule has 0 saturated carbocycles. The molecular formula is C18H25N3O2S2. The molecule has 0 unspecified atom stereocenters. The standard InChI is InChI=1S/C18H25N3O2S2/c1-12-11-13(2)17(22)16-14(12)5-6-15(20-16)18(23)19-7-9-24-25-10-8-21(3)4/h5-6,11,22H,7-10H2,1-4H3,(H,19,23). The number of phenolic OH excluding ortho intramolecular Hbond substituents is 1. The maximum atomic E-state index is 12.3. The van der Waals surface area contributed by atoms with Gasteiger partial charge in [-0.05, 0) is 45.1 Å². The minimum absolute atomic E-state index is 0.142. The average molecular weight is 380 g/mol. The van der Waals surface area contributed by atoms with Gasteiger partial charge in [-0.2, -0.15) is 0 Å². The molecule has 0 saturated heterocycles. The molecule has 0 radical (unpaired) electrons. The molecule has 0 spiro atoms. The van der Waals surface area contributed by atoms with E-state index in [1.165, 1.54) is 0 Å². The number of aryl methyl sites for hydroxylation is 2. The second kappa shape index (κ2) is 9.31. The van der Waals surface area contributed by atoms with Gasteiger partial charge in [-0.3, -0.25) is 4.79 Å². The number of aromatic hydroxyl groups is 1. The van der Waals surface area contributed by atoms with Gasteiger partial charge in [-0.1, -0.05) is 33.7 Å². The van der Waals surface area contributed by atoms with E-state index < -0.39 is 0 Å². The minimum Gasteiger partial charge on any atom is -0.505 e. The lowest BCUT2D eigenvalue weighted by Gasteiger charge is -2.10. The predicted octanol–water partition coefficient (Wildman–Crippen LogP) is 3.23. The molecule has 7 heteroatoms. The monoisotopic (exact) mass is 379 g/mol. The van der Waals surface area contributed by atoms with Crippen molar-refractivity contribution in [2.24, 2.45) is 0 Å². The first-order valence-corrected chi connectivity index (χ1v) is 10.7. The summed E-state index contributed by atoms with van der Waals surface area (Å²) in [4.78, 5) is 18.8. The summed E-state index contributed by atoms with van der Waals surface area (Å²) in [5.74, 6) is 1.85. The Labute approximate surface area is 157 Å². The number of carbonyl (C=O) groups is 1. The van der Waals surface area contributed by atoms with Gasteiger partial charge in [0.2, 0.25) is 0 Å². The van der Waals surface area contributed by atoms with Gasteiger partial charge >= 0.3 is 0 Å². The number of pyridine rings is 1. The Morgan fingerprint density at radius 3 is 2.64 bits per heavy atom. The van der Waals surface area contributed by atoms with Gasteiger partial charge in [0.25, 0.3) is 5.91 Å². The highest BCUT2D eigenvalue weighted by Crippen LogP contribution is 2.29. The van der Waals surface area contributed by atoms with E-state index in [-0.39, 0.29) is 11.7 Å². The molecule has 1 amide bonds.